The highest BCUT2D eigenvalue weighted by Gasteiger charge is 2.37. The molecule has 284 valence electrons. The Hall–Kier alpha value is -5.66. The van der Waals surface area contributed by atoms with Crippen LogP contribution in [0.3, 0.4) is 0 Å². The summed E-state index contributed by atoms with van der Waals surface area (Å²) in [4.78, 5) is 2.57. The smallest absolute Gasteiger partial charge is 0.0458 e. The Kier molecular flexibility index (Phi) is 9.52. The molecule has 2 unspecified atom stereocenters. The Morgan fingerprint density at radius 3 is 2.09 bits per heavy atom. The molecule has 0 saturated carbocycles. The van der Waals surface area contributed by atoms with Crippen LogP contribution in [-0.2, 0) is 0 Å². The monoisotopic (exact) mass is 741 g/mol. The average molecular weight is 742 g/mol. The summed E-state index contributed by atoms with van der Waals surface area (Å²) in [6.07, 6.45) is 28.0. The number of fused-ring (bicyclic) bond motifs is 3. The van der Waals surface area contributed by atoms with Gasteiger partial charge in [0.15, 0.2) is 0 Å². The minimum Gasteiger partial charge on any atom is -0.313 e. The van der Waals surface area contributed by atoms with E-state index >= 15 is 0 Å². The van der Waals surface area contributed by atoms with Crippen molar-refractivity contribution in [1.29, 1.82) is 0 Å². The van der Waals surface area contributed by atoms with Crippen LogP contribution in [0.25, 0.3) is 17.2 Å². The molecule has 0 heterocycles. The van der Waals surface area contributed by atoms with Crippen molar-refractivity contribution in [3.05, 3.63) is 217 Å². The number of hydrogen-bond acceptors (Lipinski definition) is 1. The van der Waals surface area contributed by atoms with Crippen molar-refractivity contribution >= 4 is 28.6 Å². The largest absolute Gasteiger partial charge is 0.313 e. The number of nitrogens with zero attached hydrogens (tertiary/aromatic N) is 1. The van der Waals surface area contributed by atoms with E-state index < -0.39 is 0 Å². The molecule has 0 spiro atoms. The lowest BCUT2D eigenvalue weighted by Crippen LogP contribution is -2.30. The number of hydrogen-bond donors (Lipinski definition) is 0. The minimum absolute atomic E-state index is 0.112. The summed E-state index contributed by atoms with van der Waals surface area (Å²) < 4.78 is 0. The Bertz CT molecular complexity index is 2620. The summed E-state index contributed by atoms with van der Waals surface area (Å²) in [5.74, 6) is 0.597. The highest BCUT2D eigenvalue weighted by Crippen LogP contribution is 2.52. The van der Waals surface area contributed by atoms with Crippen molar-refractivity contribution in [3.8, 4) is 0 Å². The van der Waals surface area contributed by atoms with E-state index in [9.17, 15) is 0 Å². The Morgan fingerprint density at radius 2 is 1.37 bits per heavy atom. The fourth-order valence-electron chi connectivity index (χ4n) is 9.58. The highest BCUT2D eigenvalue weighted by molar-refractivity contribution is 5.93. The van der Waals surface area contributed by atoms with Crippen molar-refractivity contribution in [2.45, 2.75) is 80.1 Å². The van der Waals surface area contributed by atoms with Gasteiger partial charge >= 0.3 is 0 Å². The summed E-state index contributed by atoms with van der Waals surface area (Å²) >= 11 is 0. The molecule has 0 aromatic heterocycles. The predicted octanol–water partition coefficient (Wildman–Crippen LogP) is 13.3. The number of aryl methyl sites for hydroxylation is 3. The molecule has 0 saturated heterocycles. The molecule has 1 nitrogen and oxygen atoms in total. The second-order valence-electron chi connectivity index (χ2n) is 17.9. The van der Waals surface area contributed by atoms with Gasteiger partial charge in [0.05, 0.1) is 0 Å². The average Bonchev–Trinajstić information content (AvgIpc) is 3.20. The van der Waals surface area contributed by atoms with Gasteiger partial charge in [-0.1, -0.05) is 147 Å². The second kappa shape index (κ2) is 14.7. The normalized spacial score (nSPS) is 22.4. The maximum atomic E-state index is 2.57. The highest BCUT2D eigenvalue weighted by atomic mass is 15.2. The van der Waals surface area contributed by atoms with Crippen LogP contribution in [0, 0.1) is 32.1 Å². The quantitative estimate of drug-likeness (QED) is 0.197. The van der Waals surface area contributed by atoms with E-state index in [-0.39, 0.29) is 11.3 Å². The van der Waals surface area contributed by atoms with Gasteiger partial charge in [-0.2, -0.15) is 0 Å². The van der Waals surface area contributed by atoms with E-state index in [4.69, 9.17) is 0 Å². The third kappa shape index (κ3) is 7.03. The number of anilines is 2. The first-order valence-corrected chi connectivity index (χ1v) is 21.0. The summed E-state index contributed by atoms with van der Waals surface area (Å²) in [6, 6.07) is 32.8. The molecule has 2 bridgehead atoms. The fraction of sp³-hybridized carbons (Fsp3) is 0.250. The van der Waals surface area contributed by atoms with Crippen LogP contribution in [0.15, 0.2) is 173 Å². The van der Waals surface area contributed by atoms with E-state index in [1.54, 1.807) is 0 Å². The zero-order valence-electron chi connectivity index (χ0n) is 34.8. The van der Waals surface area contributed by atoms with Crippen LogP contribution < -0.4 is 15.3 Å². The van der Waals surface area contributed by atoms with Crippen LogP contribution >= 0.6 is 0 Å². The number of benzene rings is 4. The van der Waals surface area contributed by atoms with E-state index in [1.807, 2.05) is 0 Å². The van der Waals surface area contributed by atoms with Crippen LogP contribution in [0.4, 0.5) is 11.4 Å². The molecule has 0 amide bonds. The molecule has 9 rings (SSSR count). The van der Waals surface area contributed by atoms with E-state index in [2.05, 4.69) is 199 Å². The van der Waals surface area contributed by atoms with Gasteiger partial charge in [0, 0.05) is 28.9 Å². The maximum Gasteiger partial charge on any atom is 0.0458 e. The van der Waals surface area contributed by atoms with Crippen molar-refractivity contribution in [2.75, 3.05) is 4.90 Å². The number of allylic oxidation sites excluding steroid dienone is 15. The van der Waals surface area contributed by atoms with Gasteiger partial charge < -0.3 is 4.90 Å². The van der Waals surface area contributed by atoms with Crippen LogP contribution in [-0.4, -0.2) is 0 Å². The third-order valence-electron chi connectivity index (χ3n) is 12.5. The number of rotatable bonds is 5. The lowest BCUT2D eigenvalue weighted by molar-refractivity contribution is 0.517. The lowest BCUT2D eigenvalue weighted by atomic mass is 9.70. The van der Waals surface area contributed by atoms with Crippen molar-refractivity contribution < 1.29 is 0 Å². The van der Waals surface area contributed by atoms with E-state index in [1.165, 1.54) is 99.9 Å². The third-order valence-corrected chi connectivity index (χ3v) is 12.5. The van der Waals surface area contributed by atoms with E-state index in [0.717, 1.165) is 25.7 Å². The van der Waals surface area contributed by atoms with E-state index in [0.29, 0.717) is 5.92 Å². The minimum atomic E-state index is 0.112. The van der Waals surface area contributed by atoms with Gasteiger partial charge in [-0.05, 0) is 161 Å². The molecule has 1 heteroatoms. The van der Waals surface area contributed by atoms with Crippen molar-refractivity contribution in [2.24, 2.45) is 11.3 Å². The van der Waals surface area contributed by atoms with Crippen molar-refractivity contribution in [3.63, 3.8) is 0 Å². The standard InChI is InChI=1S/C56H55N/c1-36-19-25-46(26-20-36)57(47-27-21-37(2)22-28-47)55-50-17-10-8-15-48(50)54(49-16-9-11-18-51(49)55)44-30-39(4)29-43(32-44)52-31-38(3)13-12-14-40-33-45(56(5,6)7)34-41-23-24-42(52)35-53(40)41/h8-10,12-13,15-16,19-35,40,50H,11,14,17-18H2,1-7H3/b13-12+,38-31-,52-42+. The molecule has 0 fully saturated rings. The lowest BCUT2D eigenvalue weighted by Gasteiger charge is -2.42. The molecule has 4 aromatic rings. The first-order chi connectivity index (χ1) is 27.5. The zero-order chi connectivity index (χ0) is 39.4. The van der Waals surface area contributed by atoms with Gasteiger partial charge in [0.1, 0.15) is 0 Å². The SMILES string of the molecule is CC1=C/C(c2cc(C)cc(C3=C4C=CCCC4=C(N(c4ccc(C)cc4)c4ccc(C)cc4)C4CC=CC=C34)c2)=c2/ccc3c(c2)C(C=C(C(C)(C)C)C=3)C\C=C\1. The fourth-order valence-corrected chi connectivity index (χ4v) is 9.58. The van der Waals surface area contributed by atoms with Gasteiger partial charge in [0.25, 0.3) is 0 Å². The van der Waals surface area contributed by atoms with Crippen LogP contribution in [0.1, 0.15) is 92.7 Å². The molecule has 57 heavy (non-hydrogen) atoms. The Balaban J connectivity index is 1.27. The summed E-state index contributed by atoms with van der Waals surface area (Å²) in [7, 11) is 0. The van der Waals surface area contributed by atoms with Gasteiger partial charge in [0.2, 0.25) is 0 Å². The Morgan fingerprint density at radius 1 is 0.649 bits per heavy atom. The topological polar surface area (TPSA) is 3.24 Å². The molecule has 4 aromatic carbocycles. The van der Waals surface area contributed by atoms with Gasteiger partial charge in [-0.15, -0.1) is 0 Å². The molecular formula is C56H55N. The molecule has 2 atom stereocenters. The first-order valence-electron chi connectivity index (χ1n) is 21.0. The molecular weight excluding hydrogens is 687 g/mol. The van der Waals surface area contributed by atoms with Crippen molar-refractivity contribution in [1.82, 2.24) is 0 Å². The molecule has 0 N–H and O–H groups in total. The zero-order valence-corrected chi connectivity index (χ0v) is 34.8. The molecule has 0 aliphatic heterocycles. The summed E-state index contributed by atoms with van der Waals surface area (Å²) in [5, 5.41) is 2.65. The van der Waals surface area contributed by atoms with Crippen LogP contribution in [0.5, 0.6) is 0 Å². The maximum absolute atomic E-state index is 2.57. The van der Waals surface area contributed by atoms with Crippen LogP contribution in [0.2, 0.25) is 0 Å². The summed E-state index contributed by atoms with van der Waals surface area (Å²) in [6.45, 7) is 15.9. The molecule has 5 aliphatic rings. The molecule has 5 aliphatic carbocycles. The molecule has 0 radical (unpaired) electrons. The summed E-state index contributed by atoms with van der Waals surface area (Å²) in [5.41, 5.74) is 21.5. The Labute approximate surface area is 340 Å². The van der Waals surface area contributed by atoms with Gasteiger partial charge in [-0.25, -0.2) is 0 Å². The van der Waals surface area contributed by atoms with Gasteiger partial charge in [-0.3, -0.25) is 0 Å². The second-order valence-corrected chi connectivity index (χ2v) is 17.9. The first kappa shape index (κ1) is 36.9. The predicted molar refractivity (Wildman–Crippen MR) is 244 cm³/mol.